The van der Waals surface area contributed by atoms with Crippen LogP contribution in [0.25, 0.3) is 11.1 Å². The second kappa shape index (κ2) is 7.40. The normalized spacial score (nSPS) is 15.4. The van der Waals surface area contributed by atoms with E-state index in [1.165, 1.54) is 0 Å². The molecule has 29 heavy (non-hydrogen) atoms. The van der Waals surface area contributed by atoms with Gasteiger partial charge in [0.05, 0.1) is 12.0 Å². The summed E-state index contributed by atoms with van der Waals surface area (Å²) in [5, 5.41) is 8.89. The lowest BCUT2D eigenvalue weighted by molar-refractivity contribution is -0.140. The minimum atomic E-state index is -5.10. The largest absolute Gasteiger partial charge is 0.481 e. The number of nitrogens with two attached hydrogens (primary N) is 1. The topological polar surface area (TPSA) is 63.3 Å². The number of hydrogen-bond donors (Lipinski definition) is 2. The van der Waals surface area contributed by atoms with Crippen LogP contribution in [0, 0.1) is 25.5 Å². The first-order chi connectivity index (χ1) is 13.4. The van der Waals surface area contributed by atoms with Crippen molar-refractivity contribution < 1.29 is 31.9 Å². The fraction of sp³-hybridized carbons (Fsp3) is 0.381. The Bertz CT molecular complexity index is 980. The van der Waals surface area contributed by atoms with Gasteiger partial charge < -0.3 is 10.8 Å². The van der Waals surface area contributed by atoms with Crippen LogP contribution in [0.4, 0.5) is 22.0 Å². The van der Waals surface area contributed by atoms with Crippen molar-refractivity contribution in [1.82, 2.24) is 0 Å². The summed E-state index contributed by atoms with van der Waals surface area (Å²) < 4.78 is 70.4. The number of carboxylic acids is 1. The summed E-state index contributed by atoms with van der Waals surface area (Å²) in [4.78, 5) is 10.9. The van der Waals surface area contributed by atoms with Crippen LogP contribution in [0.15, 0.2) is 18.2 Å². The van der Waals surface area contributed by atoms with Crippen LogP contribution in [-0.4, -0.2) is 11.1 Å². The first-order valence-electron chi connectivity index (χ1n) is 9.10. The summed E-state index contributed by atoms with van der Waals surface area (Å²) in [6.45, 7) is 3.33. The zero-order valence-electron chi connectivity index (χ0n) is 15.8. The Morgan fingerprint density at radius 1 is 1.21 bits per heavy atom. The molecule has 156 valence electrons. The first-order valence-corrected chi connectivity index (χ1v) is 9.10. The number of carbonyl (C=O) groups is 1. The highest BCUT2D eigenvalue weighted by Crippen LogP contribution is 2.46. The van der Waals surface area contributed by atoms with Gasteiger partial charge in [0.1, 0.15) is 11.6 Å². The Balaban J connectivity index is 2.33. The lowest BCUT2D eigenvalue weighted by Crippen LogP contribution is -2.21. The number of carboxylic acid groups (broad SMARTS) is 1. The van der Waals surface area contributed by atoms with Crippen LogP contribution >= 0.6 is 0 Å². The van der Waals surface area contributed by atoms with Crippen molar-refractivity contribution >= 4 is 5.97 Å². The number of benzene rings is 2. The number of alkyl halides is 3. The second-order valence-electron chi connectivity index (χ2n) is 7.46. The monoisotopic (exact) mass is 413 g/mol. The van der Waals surface area contributed by atoms with Crippen LogP contribution in [0.2, 0.25) is 0 Å². The van der Waals surface area contributed by atoms with Gasteiger partial charge in [0.2, 0.25) is 0 Å². The van der Waals surface area contributed by atoms with Gasteiger partial charge in [-0.15, -0.1) is 0 Å². The average Bonchev–Trinajstić information content (AvgIpc) is 3.39. The van der Waals surface area contributed by atoms with Crippen molar-refractivity contribution in [1.29, 1.82) is 0 Å². The highest BCUT2D eigenvalue weighted by molar-refractivity contribution is 5.75. The molecule has 0 unspecified atom stereocenters. The molecule has 1 saturated carbocycles. The summed E-state index contributed by atoms with van der Waals surface area (Å²) >= 11 is 0. The number of halogens is 5. The van der Waals surface area contributed by atoms with Crippen LogP contribution < -0.4 is 5.73 Å². The summed E-state index contributed by atoms with van der Waals surface area (Å²) in [7, 11) is 0. The van der Waals surface area contributed by atoms with E-state index in [2.05, 4.69) is 0 Å². The summed E-state index contributed by atoms with van der Waals surface area (Å²) in [6, 6.07) is 2.26. The number of rotatable bonds is 5. The molecule has 0 aromatic heterocycles. The predicted molar refractivity (Wildman–Crippen MR) is 97.4 cm³/mol. The molecule has 0 radical (unpaired) electrons. The first kappa shape index (κ1) is 21.2. The van der Waals surface area contributed by atoms with Gasteiger partial charge in [-0.1, -0.05) is 12.1 Å². The molecule has 2 aromatic carbocycles. The van der Waals surface area contributed by atoms with E-state index in [0.29, 0.717) is 17.2 Å². The van der Waals surface area contributed by atoms with Crippen molar-refractivity contribution in [3.05, 3.63) is 57.7 Å². The lowest BCUT2D eigenvalue weighted by Gasteiger charge is -2.21. The molecule has 0 aliphatic heterocycles. The molecule has 0 amide bonds. The Labute approximate surface area is 164 Å². The summed E-state index contributed by atoms with van der Waals surface area (Å²) in [5.41, 5.74) is 4.77. The van der Waals surface area contributed by atoms with Gasteiger partial charge in [0.15, 0.2) is 0 Å². The highest BCUT2D eigenvalue weighted by atomic mass is 19.4. The fourth-order valence-electron chi connectivity index (χ4n) is 3.78. The molecule has 3 rings (SSSR count). The zero-order valence-corrected chi connectivity index (χ0v) is 15.8. The molecule has 3 N–H and O–H groups in total. The van der Waals surface area contributed by atoms with E-state index < -0.39 is 52.9 Å². The number of hydrogen-bond acceptors (Lipinski definition) is 2. The third-order valence-electron chi connectivity index (χ3n) is 5.31. The minimum Gasteiger partial charge on any atom is -0.481 e. The molecule has 0 bridgehead atoms. The van der Waals surface area contributed by atoms with Crippen molar-refractivity contribution in [2.24, 2.45) is 5.73 Å². The zero-order chi connectivity index (χ0) is 21.7. The van der Waals surface area contributed by atoms with Gasteiger partial charge in [-0.2, -0.15) is 13.2 Å². The average molecular weight is 413 g/mol. The van der Waals surface area contributed by atoms with E-state index in [0.717, 1.165) is 18.4 Å². The standard InChI is InChI=1S/C21H20F5NO2/c1-9-3-6-12(11-4-5-11)10(2)17(9)13-7-14(21(24,25)26)20(23)18(19(13)22)15(27)8-16(28)29/h3,6-7,11,15H,4-5,8,27H2,1-2H3,(H,28,29)/t15-/m0/s1. The van der Waals surface area contributed by atoms with E-state index in [4.69, 9.17) is 10.8 Å². The maximum absolute atomic E-state index is 15.3. The van der Waals surface area contributed by atoms with E-state index in [-0.39, 0.29) is 11.5 Å². The van der Waals surface area contributed by atoms with E-state index in [9.17, 15) is 22.4 Å². The molecule has 1 fully saturated rings. The van der Waals surface area contributed by atoms with Gasteiger partial charge >= 0.3 is 12.1 Å². The SMILES string of the molecule is Cc1ccc(C2CC2)c(C)c1-c1cc(C(F)(F)F)c(F)c([C@@H](N)CC(=O)O)c1F. The van der Waals surface area contributed by atoms with Crippen molar-refractivity contribution in [3.8, 4) is 11.1 Å². The Kier molecular flexibility index (Phi) is 5.42. The van der Waals surface area contributed by atoms with E-state index in [1.54, 1.807) is 19.9 Å². The van der Waals surface area contributed by atoms with E-state index >= 15 is 4.39 Å². The summed E-state index contributed by atoms with van der Waals surface area (Å²) in [6.07, 6.45) is -4.12. The molecule has 1 aliphatic rings. The van der Waals surface area contributed by atoms with Crippen LogP contribution in [0.1, 0.15) is 59.0 Å². The van der Waals surface area contributed by atoms with Crippen LogP contribution in [-0.2, 0) is 11.0 Å². The quantitative estimate of drug-likeness (QED) is 0.626. The van der Waals surface area contributed by atoms with Gasteiger partial charge in [-0.3, -0.25) is 4.79 Å². The molecule has 1 atom stereocenters. The highest BCUT2D eigenvalue weighted by Gasteiger charge is 2.39. The number of aryl methyl sites for hydroxylation is 1. The molecule has 8 heteroatoms. The third kappa shape index (κ3) is 3.99. The second-order valence-corrected chi connectivity index (χ2v) is 7.46. The van der Waals surface area contributed by atoms with Gasteiger partial charge in [-0.05, 0) is 60.9 Å². The van der Waals surface area contributed by atoms with Gasteiger partial charge in [-0.25, -0.2) is 8.78 Å². The lowest BCUT2D eigenvalue weighted by atomic mass is 9.87. The smallest absolute Gasteiger partial charge is 0.419 e. The molecule has 0 saturated heterocycles. The number of aliphatic carboxylic acids is 1. The van der Waals surface area contributed by atoms with Crippen molar-refractivity contribution in [2.75, 3.05) is 0 Å². The third-order valence-corrected chi connectivity index (χ3v) is 5.31. The molecule has 0 heterocycles. The summed E-state index contributed by atoms with van der Waals surface area (Å²) in [5.74, 6) is -4.34. The Hall–Kier alpha value is -2.48. The van der Waals surface area contributed by atoms with Gasteiger partial charge in [0, 0.05) is 17.2 Å². The van der Waals surface area contributed by atoms with E-state index in [1.807, 2.05) is 6.07 Å². The molecule has 2 aromatic rings. The Morgan fingerprint density at radius 2 is 1.83 bits per heavy atom. The van der Waals surface area contributed by atoms with Gasteiger partial charge in [0.25, 0.3) is 0 Å². The molecule has 3 nitrogen and oxygen atoms in total. The maximum atomic E-state index is 15.3. The van der Waals surface area contributed by atoms with Crippen molar-refractivity contribution in [2.45, 2.75) is 51.2 Å². The minimum absolute atomic E-state index is 0.251. The van der Waals surface area contributed by atoms with Crippen molar-refractivity contribution in [3.63, 3.8) is 0 Å². The van der Waals surface area contributed by atoms with Crippen LogP contribution in [0.5, 0.6) is 0 Å². The molecular weight excluding hydrogens is 393 g/mol. The fourth-order valence-corrected chi connectivity index (χ4v) is 3.78. The van der Waals surface area contributed by atoms with Crippen LogP contribution in [0.3, 0.4) is 0 Å². The molecule has 0 spiro atoms. The predicted octanol–water partition coefficient (Wildman–Crippen LogP) is 5.62. The molecule has 1 aliphatic carbocycles. The maximum Gasteiger partial charge on any atom is 0.419 e. The molecular formula is C21H20F5NO2. The Morgan fingerprint density at radius 3 is 2.34 bits per heavy atom.